The zero-order valence-corrected chi connectivity index (χ0v) is 20.9. The van der Waals surface area contributed by atoms with Gasteiger partial charge in [0.15, 0.2) is 5.79 Å². The molecule has 4 aliphatic carbocycles. The topological polar surface area (TPSA) is 85.2 Å². The van der Waals surface area contributed by atoms with E-state index in [1.807, 2.05) is 0 Å². The molecule has 4 saturated carbocycles. The largest absolute Gasteiger partial charge is 0.469 e. The summed E-state index contributed by atoms with van der Waals surface area (Å²) in [5.74, 6) is 1.41. The van der Waals surface area contributed by atoms with Crippen molar-refractivity contribution < 1.29 is 29.2 Å². The van der Waals surface area contributed by atoms with Gasteiger partial charge in [0.05, 0.1) is 32.5 Å². The van der Waals surface area contributed by atoms with Gasteiger partial charge in [-0.05, 0) is 84.9 Å². The van der Waals surface area contributed by atoms with E-state index in [0.717, 1.165) is 51.4 Å². The Hall–Kier alpha value is -0.690. The summed E-state index contributed by atoms with van der Waals surface area (Å²) in [6.07, 6.45) is 7.10. The Morgan fingerprint density at radius 3 is 2.52 bits per heavy atom. The van der Waals surface area contributed by atoms with Crippen molar-refractivity contribution in [3.63, 3.8) is 0 Å². The molecule has 6 heteroatoms. The van der Waals surface area contributed by atoms with Crippen LogP contribution in [0.1, 0.15) is 78.6 Å². The van der Waals surface area contributed by atoms with Crippen molar-refractivity contribution in [1.82, 2.24) is 0 Å². The van der Waals surface area contributed by atoms with Crippen molar-refractivity contribution in [2.75, 3.05) is 20.3 Å². The van der Waals surface area contributed by atoms with Crippen LogP contribution in [0.3, 0.4) is 0 Å². The third kappa shape index (κ3) is 3.61. The Morgan fingerprint density at radius 2 is 1.82 bits per heavy atom. The average Bonchev–Trinajstić information content (AvgIpc) is 3.39. The summed E-state index contributed by atoms with van der Waals surface area (Å²) in [4.78, 5) is 11.7. The fourth-order valence-electron chi connectivity index (χ4n) is 9.50. The normalized spacial score (nSPS) is 49.2. The van der Waals surface area contributed by atoms with Gasteiger partial charge < -0.3 is 24.4 Å². The van der Waals surface area contributed by atoms with Crippen molar-refractivity contribution in [2.45, 2.75) is 96.6 Å². The first-order valence-electron chi connectivity index (χ1n) is 13.4. The molecule has 0 aromatic rings. The van der Waals surface area contributed by atoms with E-state index in [1.54, 1.807) is 0 Å². The van der Waals surface area contributed by atoms with Crippen LogP contribution in [0.5, 0.6) is 0 Å². The number of rotatable bonds is 4. The van der Waals surface area contributed by atoms with Crippen LogP contribution in [0.4, 0.5) is 0 Å². The maximum atomic E-state index is 11.7. The van der Waals surface area contributed by atoms with Crippen molar-refractivity contribution in [2.24, 2.45) is 46.3 Å². The van der Waals surface area contributed by atoms with Crippen LogP contribution in [0.2, 0.25) is 0 Å². The molecule has 5 rings (SSSR count). The van der Waals surface area contributed by atoms with Gasteiger partial charge >= 0.3 is 5.97 Å². The van der Waals surface area contributed by atoms with Gasteiger partial charge in [0.1, 0.15) is 0 Å². The van der Waals surface area contributed by atoms with Crippen LogP contribution in [-0.4, -0.2) is 54.5 Å². The summed E-state index contributed by atoms with van der Waals surface area (Å²) >= 11 is 0. The molecule has 5 fully saturated rings. The fraction of sp³-hybridized carbons (Fsp3) is 0.963. The van der Waals surface area contributed by atoms with Gasteiger partial charge in [0, 0.05) is 19.3 Å². The first-order valence-corrected chi connectivity index (χ1v) is 13.4. The fourth-order valence-corrected chi connectivity index (χ4v) is 9.50. The Bertz CT molecular complexity index is 749. The molecule has 1 heterocycles. The van der Waals surface area contributed by atoms with E-state index in [4.69, 9.17) is 14.2 Å². The second kappa shape index (κ2) is 8.46. The Kier molecular flexibility index (Phi) is 6.16. The van der Waals surface area contributed by atoms with Crippen LogP contribution in [-0.2, 0) is 19.0 Å². The molecule has 5 aliphatic rings. The second-order valence-electron chi connectivity index (χ2n) is 12.5. The molecule has 1 aliphatic heterocycles. The molecule has 1 spiro atoms. The van der Waals surface area contributed by atoms with Crippen LogP contribution in [0.15, 0.2) is 0 Å². The van der Waals surface area contributed by atoms with E-state index >= 15 is 0 Å². The number of hydrogen-bond acceptors (Lipinski definition) is 6. The van der Waals surface area contributed by atoms with Gasteiger partial charge in [-0.15, -0.1) is 0 Å². The lowest BCUT2D eigenvalue weighted by molar-refractivity contribution is -0.252. The molecular formula is C27H44O6. The maximum absolute atomic E-state index is 11.7. The van der Waals surface area contributed by atoms with Crippen LogP contribution < -0.4 is 0 Å². The summed E-state index contributed by atoms with van der Waals surface area (Å²) in [6, 6.07) is 0. The minimum Gasteiger partial charge on any atom is -0.469 e. The number of aliphatic hydroxyl groups excluding tert-OH is 2. The predicted molar refractivity (Wildman–Crippen MR) is 123 cm³/mol. The molecule has 1 saturated heterocycles. The minimum absolute atomic E-state index is 0.112. The quantitative estimate of drug-likeness (QED) is 0.614. The van der Waals surface area contributed by atoms with Crippen molar-refractivity contribution in [3.05, 3.63) is 0 Å². The molecule has 3 unspecified atom stereocenters. The Balaban J connectivity index is 1.37. The Labute approximate surface area is 198 Å². The average molecular weight is 465 g/mol. The standard InChI is InChI=1S/C27H44O6/c1-16(5-8-23(30)31-4)18-6-7-19-24-20(14-22(29)26(18,19)3)25(2)9-10-27(32-11-12-33-27)15-17(25)13-21(24)28/h16-22,24,28-29H,5-15H2,1-4H3/t16-,17+,18?,19+,20?,21-,22+,24?,25+,26-/m0/s1. The first kappa shape index (κ1) is 24.0. The lowest BCUT2D eigenvalue weighted by Crippen LogP contribution is -2.63. The number of carbonyl (C=O) groups is 1. The molecule has 6 nitrogen and oxygen atoms in total. The molecule has 0 aromatic heterocycles. The molecule has 0 radical (unpaired) electrons. The van der Waals surface area contributed by atoms with Gasteiger partial charge in [-0.1, -0.05) is 20.8 Å². The zero-order valence-electron chi connectivity index (χ0n) is 20.9. The Morgan fingerprint density at radius 1 is 1.09 bits per heavy atom. The third-order valence-corrected chi connectivity index (χ3v) is 11.4. The minimum atomic E-state index is -0.438. The van der Waals surface area contributed by atoms with Crippen molar-refractivity contribution in [1.29, 1.82) is 0 Å². The number of fused-ring (bicyclic) bond motifs is 5. The van der Waals surface area contributed by atoms with E-state index in [1.165, 1.54) is 7.11 Å². The molecule has 33 heavy (non-hydrogen) atoms. The highest BCUT2D eigenvalue weighted by molar-refractivity contribution is 5.69. The van der Waals surface area contributed by atoms with Crippen LogP contribution in [0, 0.1) is 46.3 Å². The lowest BCUT2D eigenvalue weighted by Gasteiger charge is -2.64. The summed E-state index contributed by atoms with van der Waals surface area (Å²) in [5.41, 5.74) is -0.0875. The van der Waals surface area contributed by atoms with Gasteiger partial charge in [0.2, 0.25) is 0 Å². The van der Waals surface area contributed by atoms with Crippen LogP contribution >= 0.6 is 0 Å². The number of aliphatic hydroxyl groups is 2. The summed E-state index contributed by atoms with van der Waals surface area (Å²) < 4.78 is 17.0. The zero-order chi connectivity index (χ0) is 23.6. The number of methoxy groups -OCH3 is 1. The SMILES string of the molecule is COC(=O)CC[C@H](C)C1CC[C@@H]2C3C(C[C@@H](O)[C@@]12C)[C@]1(C)CCC2(C[C@H]1C[C@@H]3O)OCCO2. The molecule has 0 amide bonds. The first-order chi connectivity index (χ1) is 15.6. The third-order valence-electron chi connectivity index (χ3n) is 11.4. The maximum Gasteiger partial charge on any atom is 0.305 e. The van der Waals surface area contributed by atoms with Crippen molar-refractivity contribution >= 4 is 5.97 Å². The molecular weight excluding hydrogens is 420 g/mol. The number of hydrogen-bond donors (Lipinski definition) is 2. The lowest BCUT2D eigenvalue weighted by atomic mass is 9.43. The summed E-state index contributed by atoms with van der Waals surface area (Å²) in [5, 5.41) is 23.2. The molecule has 10 atom stereocenters. The molecule has 188 valence electrons. The molecule has 0 aromatic carbocycles. The van der Waals surface area contributed by atoms with Gasteiger partial charge in [-0.3, -0.25) is 4.79 Å². The smallest absolute Gasteiger partial charge is 0.305 e. The van der Waals surface area contributed by atoms with E-state index in [0.29, 0.717) is 49.2 Å². The highest BCUT2D eigenvalue weighted by atomic mass is 16.7. The number of carbonyl (C=O) groups excluding carboxylic acids is 1. The summed E-state index contributed by atoms with van der Waals surface area (Å²) in [7, 11) is 1.45. The monoisotopic (exact) mass is 464 g/mol. The van der Waals surface area contributed by atoms with Crippen LogP contribution in [0.25, 0.3) is 0 Å². The predicted octanol–water partition coefficient (Wildman–Crippen LogP) is 3.92. The second-order valence-corrected chi connectivity index (χ2v) is 12.5. The molecule has 2 N–H and O–H groups in total. The molecule has 0 bridgehead atoms. The van der Waals surface area contributed by atoms with Gasteiger partial charge in [0.25, 0.3) is 0 Å². The van der Waals surface area contributed by atoms with Crippen molar-refractivity contribution in [3.8, 4) is 0 Å². The van der Waals surface area contributed by atoms with E-state index < -0.39 is 5.79 Å². The summed E-state index contributed by atoms with van der Waals surface area (Å²) in [6.45, 7) is 8.28. The van der Waals surface area contributed by atoms with E-state index in [2.05, 4.69) is 20.8 Å². The van der Waals surface area contributed by atoms with Gasteiger partial charge in [-0.25, -0.2) is 0 Å². The number of ether oxygens (including phenoxy) is 3. The van der Waals surface area contributed by atoms with E-state index in [9.17, 15) is 15.0 Å². The number of esters is 1. The highest BCUT2D eigenvalue weighted by Crippen LogP contribution is 2.69. The van der Waals surface area contributed by atoms with E-state index in [-0.39, 0.29) is 34.9 Å². The van der Waals surface area contributed by atoms with Gasteiger partial charge in [-0.2, -0.15) is 0 Å². The highest BCUT2D eigenvalue weighted by Gasteiger charge is 2.66.